The van der Waals surface area contributed by atoms with Crippen molar-refractivity contribution in [3.8, 4) is 5.75 Å². The molecule has 142 valence electrons. The molecule has 2 N–H and O–H groups in total. The maximum Gasteiger partial charge on any atom is 0.253 e. The van der Waals surface area contributed by atoms with E-state index in [0.717, 1.165) is 0 Å². The Bertz CT molecular complexity index is 926. The lowest BCUT2D eigenvalue weighted by molar-refractivity contribution is -0.0627. The largest absolute Gasteiger partial charge is 0.485 e. The zero-order valence-electron chi connectivity index (χ0n) is 15.0. The molecule has 0 unspecified atom stereocenters. The summed E-state index contributed by atoms with van der Waals surface area (Å²) in [6, 6.07) is 8.92. The highest BCUT2D eigenvalue weighted by Gasteiger charge is 2.44. The van der Waals surface area contributed by atoms with Gasteiger partial charge in [0.05, 0.1) is 21.7 Å². The molecule has 0 spiro atoms. The van der Waals surface area contributed by atoms with Crippen LogP contribution in [-0.2, 0) is 0 Å². The van der Waals surface area contributed by atoms with Crippen molar-refractivity contribution in [2.24, 2.45) is 0 Å². The SMILES string of the molecule is CC(=O)c1ccc2c(c1)[C@@H](NC(=O)c1cccc(Cl)c1Cl)[C@@H](O)C(C)(C)O2. The van der Waals surface area contributed by atoms with E-state index in [1.807, 2.05) is 0 Å². The van der Waals surface area contributed by atoms with E-state index in [2.05, 4.69) is 5.32 Å². The number of fused-ring (bicyclic) bond motifs is 1. The highest BCUT2D eigenvalue weighted by atomic mass is 35.5. The van der Waals surface area contributed by atoms with Crippen LogP contribution in [-0.4, -0.2) is 28.5 Å². The van der Waals surface area contributed by atoms with E-state index in [9.17, 15) is 14.7 Å². The second kappa shape index (κ2) is 7.15. The molecule has 2 aromatic carbocycles. The number of carbonyl (C=O) groups excluding carboxylic acids is 2. The molecule has 7 heteroatoms. The number of nitrogens with one attached hydrogen (secondary N) is 1. The van der Waals surface area contributed by atoms with Crippen molar-refractivity contribution in [3.63, 3.8) is 0 Å². The average Bonchev–Trinajstić information content (AvgIpc) is 2.60. The van der Waals surface area contributed by atoms with Gasteiger partial charge in [0.25, 0.3) is 5.91 Å². The Morgan fingerprint density at radius 1 is 1.19 bits per heavy atom. The van der Waals surface area contributed by atoms with Crippen LogP contribution >= 0.6 is 23.2 Å². The summed E-state index contributed by atoms with van der Waals surface area (Å²) in [7, 11) is 0. The molecule has 0 saturated heterocycles. The van der Waals surface area contributed by atoms with Crippen LogP contribution in [0.15, 0.2) is 36.4 Å². The third kappa shape index (κ3) is 3.68. The van der Waals surface area contributed by atoms with Crippen LogP contribution in [0, 0.1) is 0 Å². The number of aliphatic hydroxyl groups excluding tert-OH is 1. The molecule has 0 fully saturated rings. The van der Waals surface area contributed by atoms with Gasteiger partial charge >= 0.3 is 0 Å². The number of hydrogen-bond acceptors (Lipinski definition) is 4. The Morgan fingerprint density at radius 2 is 1.89 bits per heavy atom. The Kier molecular flexibility index (Phi) is 5.21. The van der Waals surface area contributed by atoms with E-state index in [1.54, 1.807) is 50.2 Å². The molecular weight excluding hydrogens is 389 g/mol. The molecule has 1 aliphatic heterocycles. The van der Waals surface area contributed by atoms with Crippen molar-refractivity contribution in [2.75, 3.05) is 0 Å². The quantitative estimate of drug-likeness (QED) is 0.747. The first kappa shape index (κ1) is 19.7. The average molecular weight is 408 g/mol. The molecule has 0 bridgehead atoms. The van der Waals surface area contributed by atoms with Crippen molar-refractivity contribution in [3.05, 3.63) is 63.1 Å². The zero-order valence-corrected chi connectivity index (χ0v) is 16.6. The number of carbonyl (C=O) groups is 2. The van der Waals surface area contributed by atoms with Crippen molar-refractivity contribution in [1.29, 1.82) is 0 Å². The minimum absolute atomic E-state index is 0.125. The van der Waals surface area contributed by atoms with E-state index < -0.39 is 23.7 Å². The first-order valence-corrected chi connectivity index (χ1v) is 9.14. The Balaban J connectivity index is 2.03. The van der Waals surface area contributed by atoms with E-state index in [-0.39, 0.29) is 21.4 Å². The number of ketones is 1. The van der Waals surface area contributed by atoms with Gasteiger partial charge < -0.3 is 15.2 Å². The molecule has 0 aliphatic carbocycles. The number of Topliss-reactive ketones (excluding diaryl/α,β-unsaturated/α-hetero) is 1. The van der Waals surface area contributed by atoms with Crippen molar-refractivity contribution >= 4 is 34.9 Å². The predicted octanol–water partition coefficient (Wildman–Crippen LogP) is 4.20. The Labute approximate surface area is 167 Å². The number of halogens is 2. The van der Waals surface area contributed by atoms with Gasteiger partial charge in [-0.25, -0.2) is 0 Å². The first-order valence-electron chi connectivity index (χ1n) is 8.38. The van der Waals surface area contributed by atoms with Crippen LogP contribution in [0.1, 0.15) is 53.1 Å². The number of rotatable bonds is 3. The van der Waals surface area contributed by atoms with E-state index in [0.29, 0.717) is 16.9 Å². The highest BCUT2D eigenvalue weighted by Crippen LogP contribution is 2.40. The molecule has 2 atom stereocenters. The number of benzene rings is 2. The van der Waals surface area contributed by atoms with Gasteiger partial charge in [-0.2, -0.15) is 0 Å². The van der Waals surface area contributed by atoms with E-state index in [4.69, 9.17) is 27.9 Å². The summed E-state index contributed by atoms with van der Waals surface area (Å²) in [5, 5.41) is 14.0. The van der Waals surface area contributed by atoms with Crippen LogP contribution in [0.4, 0.5) is 0 Å². The molecule has 1 heterocycles. The predicted molar refractivity (Wildman–Crippen MR) is 104 cm³/mol. The summed E-state index contributed by atoms with van der Waals surface area (Å²) < 4.78 is 5.87. The number of amides is 1. The summed E-state index contributed by atoms with van der Waals surface area (Å²) in [6.07, 6.45) is -1.05. The number of aliphatic hydroxyl groups is 1. The summed E-state index contributed by atoms with van der Waals surface area (Å²) in [6.45, 7) is 4.90. The lowest BCUT2D eigenvalue weighted by atomic mass is 9.85. The molecule has 1 aliphatic rings. The summed E-state index contributed by atoms with van der Waals surface area (Å²) in [5.74, 6) is -0.110. The van der Waals surface area contributed by atoms with Gasteiger partial charge in [0.1, 0.15) is 17.5 Å². The maximum atomic E-state index is 12.8. The smallest absolute Gasteiger partial charge is 0.253 e. The molecule has 1 amide bonds. The van der Waals surface area contributed by atoms with Gasteiger partial charge in [-0.15, -0.1) is 0 Å². The summed E-state index contributed by atoms with van der Waals surface area (Å²) >= 11 is 12.1. The molecular formula is C20H19Cl2NO4. The number of hydrogen-bond donors (Lipinski definition) is 2. The standard InChI is InChI=1S/C20H19Cl2NO4/c1-10(24)11-7-8-15-13(9-11)17(18(25)20(2,3)27-15)23-19(26)12-5-4-6-14(21)16(12)22/h4-9,17-18,25H,1-3H3,(H,23,26)/t17-,18-/m1/s1. The van der Waals surface area contributed by atoms with Crippen molar-refractivity contribution in [1.82, 2.24) is 5.32 Å². The Morgan fingerprint density at radius 3 is 2.56 bits per heavy atom. The first-order chi connectivity index (χ1) is 12.6. The van der Waals surface area contributed by atoms with Gasteiger partial charge in [0, 0.05) is 11.1 Å². The van der Waals surface area contributed by atoms with E-state index in [1.165, 1.54) is 6.92 Å². The minimum atomic E-state index is -1.05. The molecule has 3 rings (SSSR count). The van der Waals surface area contributed by atoms with Crippen LogP contribution in [0.2, 0.25) is 10.0 Å². The maximum absolute atomic E-state index is 12.8. The van der Waals surface area contributed by atoms with Gasteiger partial charge in [-0.3, -0.25) is 9.59 Å². The fraction of sp³-hybridized carbons (Fsp3) is 0.300. The highest BCUT2D eigenvalue weighted by molar-refractivity contribution is 6.43. The zero-order chi connectivity index (χ0) is 19.9. The third-order valence-electron chi connectivity index (χ3n) is 4.64. The van der Waals surface area contributed by atoms with Gasteiger partial charge in [-0.1, -0.05) is 29.3 Å². The van der Waals surface area contributed by atoms with Gasteiger partial charge in [0.2, 0.25) is 0 Å². The molecule has 5 nitrogen and oxygen atoms in total. The van der Waals surface area contributed by atoms with Crippen molar-refractivity contribution < 1.29 is 19.4 Å². The molecule has 0 saturated carbocycles. The fourth-order valence-electron chi connectivity index (χ4n) is 3.07. The van der Waals surface area contributed by atoms with Gasteiger partial charge in [0.15, 0.2) is 5.78 Å². The van der Waals surface area contributed by atoms with Crippen LogP contribution in [0.25, 0.3) is 0 Å². The molecule has 0 radical (unpaired) electrons. The topological polar surface area (TPSA) is 75.6 Å². The van der Waals surface area contributed by atoms with Crippen LogP contribution in [0.3, 0.4) is 0 Å². The normalized spacial score (nSPS) is 20.4. The lowest BCUT2D eigenvalue weighted by Crippen LogP contribution is -2.53. The fourth-order valence-corrected chi connectivity index (χ4v) is 3.46. The van der Waals surface area contributed by atoms with E-state index >= 15 is 0 Å². The molecule has 0 aromatic heterocycles. The third-order valence-corrected chi connectivity index (χ3v) is 5.45. The monoisotopic (exact) mass is 407 g/mol. The molecule has 27 heavy (non-hydrogen) atoms. The summed E-state index contributed by atoms with van der Waals surface area (Å²) in [4.78, 5) is 24.5. The Hall–Kier alpha value is -2.08. The molecule has 2 aromatic rings. The van der Waals surface area contributed by atoms with Gasteiger partial charge in [-0.05, 0) is 51.1 Å². The minimum Gasteiger partial charge on any atom is -0.485 e. The number of ether oxygens (including phenoxy) is 1. The van der Waals surface area contributed by atoms with Crippen molar-refractivity contribution in [2.45, 2.75) is 38.5 Å². The second-order valence-corrected chi connectivity index (χ2v) is 7.80. The summed E-state index contributed by atoms with van der Waals surface area (Å²) in [5.41, 5.74) is 0.246. The second-order valence-electron chi connectivity index (χ2n) is 7.01. The van der Waals surface area contributed by atoms with Crippen LogP contribution in [0.5, 0.6) is 5.75 Å². The van der Waals surface area contributed by atoms with Crippen LogP contribution < -0.4 is 10.1 Å². The lowest BCUT2D eigenvalue weighted by Gasteiger charge is -2.42.